The molecule has 2 aliphatic rings. The molecule has 3 heterocycles. The summed E-state index contributed by atoms with van der Waals surface area (Å²) in [5.41, 5.74) is 3.86. The van der Waals surface area contributed by atoms with Gasteiger partial charge in [0.25, 0.3) is 5.91 Å². The second kappa shape index (κ2) is 7.88. The van der Waals surface area contributed by atoms with Crippen LogP contribution in [-0.2, 0) is 13.0 Å². The van der Waals surface area contributed by atoms with Crippen molar-refractivity contribution in [1.82, 2.24) is 15.3 Å². The number of aromatic nitrogens is 2. The Balaban J connectivity index is 1.40. The number of fused-ring (bicyclic) bond motifs is 2. The fourth-order valence-electron chi connectivity index (χ4n) is 3.68. The lowest BCUT2D eigenvalue weighted by Gasteiger charge is -2.29. The minimum Gasteiger partial charge on any atom is -0.508 e. The number of nitrogens with one attached hydrogen (secondary N) is 2. The van der Waals surface area contributed by atoms with Gasteiger partial charge < -0.3 is 20.5 Å². The van der Waals surface area contributed by atoms with E-state index >= 15 is 0 Å². The van der Waals surface area contributed by atoms with Crippen LogP contribution in [0.1, 0.15) is 21.5 Å². The third-order valence-electron chi connectivity index (χ3n) is 5.18. The number of rotatable bonds is 3. The third kappa shape index (κ3) is 3.74. The SMILES string of the molecule is O=C1c2cnc(Nc3ccc4c(c3)CNCC4)nc2OCN1c1c(Cl)cc(O)cc1Cl. The number of aromatic hydroxyl groups is 1. The number of carbonyl (C=O) groups is 1. The molecule has 5 rings (SSSR count). The molecule has 158 valence electrons. The van der Waals surface area contributed by atoms with Crippen LogP contribution in [0.5, 0.6) is 11.6 Å². The lowest BCUT2D eigenvalue weighted by Crippen LogP contribution is -2.39. The maximum absolute atomic E-state index is 13.0. The molecule has 3 N–H and O–H groups in total. The highest BCUT2D eigenvalue weighted by Gasteiger charge is 2.31. The van der Waals surface area contributed by atoms with Gasteiger partial charge in [0.1, 0.15) is 11.3 Å². The van der Waals surface area contributed by atoms with E-state index in [-0.39, 0.29) is 39.7 Å². The number of benzene rings is 2. The first-order valence-corrected chi connectivity index (χ1v) is 10.3. The van der Waals surface area contributed by atoms with E-state index < -0.39 is 5.91 Å². The molecule has 8 nitrogen and oxygen atoms in total. The monoisotopic (exact) mass is 457 g/mol. The highest BCUT2D eigenvalue weighted by molar-refractivity contribution is 6.40. The second-order valence-electron chi connectivity index (χ2n) is 7.21. The number of carbonyl (C=O) groups excluding carboxylic acids is 1. The number of anilines is 3. The lowest BCUT2D eigenvalue weighted by molar-refractivity contribution is 0.0932. The maximum Gasteiger partial charge on any atom is 0.268 e. The summed E-state index contributed by atoms with van der Waals surface area (Å²) in [7, 11) is 0. The Labute approximate surface area is 187 Å². The number of phenols is 1. The first-order valence-electron chi connectivity index (χ1n) is 9.59. The molecule has 0 fully saturated rings. The van der Waals surface area contributed by atoms with Gasteiger partial charge in [-0.25, -0.2) is 4.98 Å². The molecule has 2 aromatic carbocycles. The third-order valence-corrected chi connectivity index (χ3v) is 5.76. The zero-order valence-electron chi connectivity index (χ0n) is 16.2. The summed E-state index contributed by atoms with van der Waals surface area (Å²) in [5.74, 6) is -0.00232. The van der Waals surface area contributed by atoms with Crippen LogP contribution in [-0.4, -0.2) is 34.3 Å². The molecule has 1 aromatic heterocycles. The van der Waals surface area contributed by atoms with E-state index in [1.165, 1.54) is 34.4 Å². The number of phenolic OH excluding ortho intramolecular Hbond substituents is 1. The quantitative estimate of drug-likeness (QED) is 0.548. The van der Waals surface area contributed by atoms with Crippen LogP contribution in [0, 0.1) is 0 Å². The Morgan fingerprint density at radius 2 is 1.97 bits per heavy atom. The summed E-state index contributed by atoms with van der Waals surface area (Å²) in [5, 5.41) is 16.4. The van der Waals surface area contributed by atoms with Crippen LogP contribution in [0.15, 0.2) is 36.5 Å². The van der Waals surface area contributed by atoms with Gasteiger partial charge in [-0.15, -0.1) is 0 Å². The fourth-order valence-corrected chi connectivity index (χ4v) is 4.36. The summed E-state index contributed by atoms with van der Waals surface area (Å²) in [6.07, 6.45) is 2.41. The van der Waals surface area contributed by atoms with E-state index in [4.69, 9.17) is 27.9 Å². The molecule has 1 amide bonds. The number of hydrogen-bond acceptors (Lipinski definition) is 7. The van der Waals surface area contributed by atoms with Crippen molar-refractivity contribution < 1.29 is 14.6 Å². The molecule has 0 saturated heterocycles. The average molecular weight is 458 g/mol. The molecule has 31 heavy (non-hydrogen) atoms. The average Bonchev–Trinajstić information content (AvgIpc) is 2.74. The van der Waals surface area contributed by atoms with Crippen LogP contribution in [0.2, 0.25) is 10.0 Å². The van der Waals surface area contributed by atoms with Crippen LogP contribution < -0.4 is 20.3 Å². The van der Waals surface area contributed by atoms with Gasteiger partial charge in [0.05, 0.1) is 15.7 Å². The Kier molecular flexibility index (Phi) is 5.05. The number of nitrogens with zero attached hydrogens (tertiary/aromatic N) is 3. The van der Waals surface area contributed by atoms with Gasteiger partial charge in [-0.2, -0.15) is 4.98 Å². The smallest absolute Gasteiger partial charge is 0.268 e. The van der Waals surface area contributed by atoms with E-state index in [9.17, 15) is 9.90 Å². The standard InChI is InChI=1S/C21H17Cl2N5O3/c22-16-6-14(29)7-17(23)18(16)28-10-31-19-15(20(28)30)9-25-21(27-19)26-13-2-1-11-3-4-24-8-12(11)5-13/h1-2,5-7,9,24,29H,3-4,8,10H2,(H,25,26,27). The van der Waals surface area contributed by atoms with Crippen molar-refractivity contribution in [2.45, 2.75) is 13.0 Å². The molecule has 0 saturated carbocycles. The van der Waals surface area contributed by atoms with Crippen LogP contribution in [0.4, 0.5) is 17.3 Å². The van der Waals surface area contributed by atoms with E-state index in [0.29, 0.717) is 5.95 Å². The zero-order chi connectivity index (χ0) is 21.5. The van der Waals surface area contributed by atoms with Gasteiger partial charge in [0.15, 0.2) is 6.73 Å². The van der Waals surface area contributed by atoms with Gasteiger partial charge in [0, 0.05) is 30.6 Å². The molecule has 0 unspecified atom stereocenters. The number of halogens is 2. The van der Waals surface area contributed by atoms with Crippen LogP contribution >= 0.6 is 23.2 Å². The molecular formula is C21H17Cl2N5O3. The Bertz CT molecular complexity index is 1180. The molecule has 10 heteroatoms. The topological polar surface area (TPSA) is 99.6 Å². The summed E-state index contributed by atoms with van der Waals surface area (Å²) >= 11 is 12.4. The molecule has 0 radical (unpaired) electrons. The summed E-state index contributed by atoms with van der Waals surface area (Å²) < 4.78 is 5.69. The van der Waals surface area contributed by atoms with Crippen LogP contribution in [0.25, 0.3) is 0 Å². The Morgan fingerprint density at radius 3 is 2.77 bits per heavy atom. The number of ether oxygens (including phenoxy) is 1. The lowest BCUT2D eigenvalue weighted by atomic mass is 10.0. The second-order valence-corrected chi connectivity index (χ2v) is 8.03. The number of amides is 1. The maximum atomic E-state index is 13.0. The van der Waals surface area contributed by atoms with E-state index in [0.717, 1.165) is 25.2 Å². The van der Waals surface area contributed by atoms with Crippen molar-refractivity contribution in [1.29, 1.82) is 0 Å². The molecule has 0 aliphatic carbocycles. The van der Waals surface area contributed by atoms with Crippen molar-refractivity contribution in [3.05, 3.63) is 63.3 Å². The highest BCUT2D eigenvalue weighted by atomic mass is 35.5. The Morgan fingerprint density at radius 1 is 1.16 bits per heavy atom. The van der Waals surface area contributed by atoms with Gasteiger partial charge >= 0.3 is 0 Å². The predicted octanol–water partition coefficient (Wildman–Crippen LogP) is 3.88. The molecular weight excluding hydrogens is 441 g/mol. The van der Waals surface area contributed by atoms with Crippen molar-refractivity contribution >= 4 is 46.4 Å². The normalized spacial score (nSPS) is 15.2. The van der Waals surface area contributed by atoms with Crippen molar-refractivity contribution in [2.24, 2.45) is 0 Å². The molecule has 0 spiro atoms. The fraction of sp³-hybridized carbons (Fsp3) is 0.190. The summed E-state index contributed by atoms with van der Waals surface area (Å²) in [4.78, 5) is 22.9. The molecule has 0 bridgehead atoms. The zero-order valence-corrected chi connectivity index (χ0v) is 17.7. The Hall–Kier alpha value is -3.07. The van der Waals surface area contributed by atoms with Gasteiger partial charge in [-0.05, 0) is 36.2 Å². The van der Waals surface area contributed by atoms with E-state index in [1.807, 2.05) is 6.07 Å². The van der Waals surface area contributed by atoms with Gasteiger partial charge in [-0.1, -0.05) is 29.3 Å². The first kappa shape index (κ1) is 19.9. The first-order chi connectivity index (χ1) is 15.0. The molecule has 0 atom stereocenters. The minimum absolute atomic E-state index is 0.0958. The van der Waals surface area contributed by atoms with Gasteiger partial charge in [-0.3, -0.25) is 9.69 Å². The van der Waals surface area contributed by atoms with Gasteiger partial charge in [0.2, 0.25) is 11.8 Å². The van der Waals surface area contributed by atoms with Crippen molar-refractivity contribution in [3.8, 4) is 11.6 Å². The van der Waals surface area contributed by atoms with Crippen molar-refractivity contribution in [3.63, 3.8) is 0 Å². The van der Waals surface area contributed by atoms with Crippen LogP contribution in [0.3, 0.4) is 0 Å². The number of hydrogen-bond donors (Lipinski definition) is 3. The predicted molar refractivity (Wildman–Crippen MR) is 118 cm³/mol. The largest absolute Gasteiger partial charge is 0.508 e. The molecule has 3 aromatic rings. The van der Waals surface area contributed by atoms with Crippen molar-refractivity contribution in [2.75, 3.05) is 23.5 Å². The highest BCUT2D eigenvalue weighted by Crippen LogP contribution is 2.39. The summed E-state index contributed by atoms with van der Waals surface area (Å²) in [6, 6.07) is 8.76. The molecule has 2 aliphatic heterocycles. The van der Waals surface area contributed by atoms with E-state index in [1.54, 1.807) is 0 Å². The van der Waals surface area contributed by atoms with E-state index in [2.05, 4.69) is 32.7 Å². The minimum atomic E-state index is -0.401. The summed E-state index contributed by atoms with van der Waals surface area (Å²) in [6.45, 7) is 1.68.